The van der Waals surface area contributed by atoms with E-state index in [0.717, 1.165) is 0 Å². The Labute approximate surface area is 126 Å². The van der Waals surface area contributed by atoms with Crippen LogP contribution in [0.4, 0.5) is 15.8 Å². The smallest absolute Gasteiger partial charge is 0.243 e. The molecule has 2 aromatic rings. The normalized spacial score (nSPS) is 10.0. The van der Waals surface area contributed by atoms with Crippen LogP contribution in [-0.4, -0.2) is 19.6 Å². The highest BCUT2D eigenvalue weighted by Gasteiger charge is 2.05. The lowest BCUT2D eigenvalue weighted by Crippen LogP contribution is -2.21. The number of hydrogen-bond acceptors (Lipinski definition) is 3. The van der Waals surface area contributed by atoms with Gasteiger partial charge < -0.3 is 15.4 Å². The van der Waals surface area contributed by atoms with Gasteiger partial charge in [-0.15, -0.1) is 0 Å². The molecular weight excluding hydrogens is 295 g/mol. The van der Waals surface area contributed by atoms with Crippen LogP contribution in [0.15, 0.2) is 42.5 Å². The van der Waals surface area contributed by atoms with E-state index in [9.17, 15) is 9.18 Å². The number of hydrogen-bond donors (Lipinski definition) is 2. The van der Waals surface area contributed by atoms with Crippen LogP contribution in [0.2, 0.25) is 5.02 Å². The van der Waals surface area contributed by atoms with E-state index in [-0.39, 0.29) is 17.5 Å². The predicted octanol–water partition coefficient (Wildman–Crippen LogP) is 3.54. The third-order valence-electron chi connectivity index (χ3n) is 2.73. The first-order valence-corrected chi connectivity index (χ1v) is 6.59. The van der Waals surface area contributed by atoms with Crippen molar-refractivity contribution in [3.05, 3.63) is 53.3 Å². The highest BCUT2D eigenvalue weighted by Crippen LogP contribution is 2.19. The zero-order chi connectivity index (χ0) is 15.2. The second-order valence-corrected chi connectivity index (χ2v) is 4.67. The summed E-state index contributed by atoms with van der Waals surface area (Å²) in [6.45, 7) is 0.0408. The van der Waals surface area contributed by atoms with Crippen molar-refractivity contribution in [3.63, 3.8) is 0 Å². The van der Waals surface area contributed by atoms with Gasteiger partial charge >= 0.3 is 0 Å². The number of anilines is 2. The first kappa shape index (κ1) is 15.1. The third-order valence-corrected chi connectivity index (χ3v) is 3.02. The highest BCUT2D eigenvalue weighted by atomic mass is 35.5. The summed E-state index contributed by atoms with van der Waals surface area (Å²) in [6.07, 6.45) is 0. The first-order chi connectivity index (χ1) is 10.1. The number of amides is 1. The van der Waals surface area contributed by atoms with Crippen molar-refractivity contribution >= 4 is 28.9 Å². The fourth-order valence-electron chi connectivity index (χ4n) is 1.69. The molecule has 0 aliphatic rings. The molecule has 0 aliphatic heterocycles. The maximum atomic E-state index is 13.0. The molecular formula is C15H14ClFN2O2. The summed E-state index contributed by atoms with van der Waals surface area (Å²) in [7, 11) is 1.56. The van der Waals surface area contributed by atoms with Gasteiger partial charge in [-0.2, -0.15) is 0 Å². The van der Waals surface area contributed by atoms with Crippen LogP contribution in [0, 0.1) is 5.82 Å². The van der Waals surface area contributed by atoms with Crippen molar-refractivity contribution in [2.24, 2.45) is 0 Å². The standard InChI is InChI=1S/C15H14ClFN2O2/c1-21-12-4-2-3-11(7-12)19-15(20)9-18-10-5-6-14(17)13(16)8-10/h2-8,18H,9H2,1H3,(H,19,20). The summed E-state index contributed by atoms with van der Waals surface area (Å²) in [4.78, 5) is 11.8. The average Bonchev–Trinajstić information content (AvgIpc) is 2.48. The summed E-state index contributed by atoms with van der Waals surface area (Å²) in [5, 5.41) is 5.60. The molecule has 4 nitrogen and oxygen atoms in total. The molecule has 6 heteroatoms. The summed E-state index contributed by atoms with van der Waals surface area (Å²) >= 11 is 5.66. The van der Waals surface area contributed by atoms with E-state index in [0.29, 0.717) is 17.1 Å². The van der Waals surface area contributed by atoms with Gasteiger partial charge in [-0.05, 0) is 30.3 Å². The molecule has 0 aliphatic carbocycles. The lowest BCUT2D eigenvalue weighted by molar-refractivity contribution is -0.114. The van der Waals surface area contributed by atoms with E-state index in [1.807, 2.05) is 0 Å². The molecule has 2 N–H and O–H groups in total. The van der Waals surface area contributed by atoms with Crippen molar-refractivity contribution in [1.29, 1.82) is 0 Å². The average molecular weight is 309 g/mol. The zero-order valence-electron chi connectivity index (χ0n) is 11.3. The minimum Gasteiger partial charge on any atom is -0.497 e. The number of carbonyl (C=O) groups excluding carboxylic acids is 1. The number of methoxy groups -OCH3 is 1. The number of rotatable bonds is 5. The summed E-state index contributed by atoms with van der Waals surface area (Å²) in [6, 6.07) is 11.2. The van der Waals surface area contributed by atoms with Gasteiger partial charge in [-0.25, -0.2) is 4.39 Å². The first-order valence-electron chi connectivity index (χ1n) is 6.21. The van der Waals surface area contributed by atoms with Gasteiger partial charge in [0.1, 0.15) is 11.6 Å². The third kappa shape index (κ3) is 4.36. The van der Waals surface area contributed by atoms with Crippen LogP contribution in [0.25, 0.3) is 0 Å². The Morgan fingerprint density at radius 2 is 2.05 bits per heavy atom. The zero-order valence-corrected chi connectivity index (χ0v) is 12.1. The molecule has 2 aromatic carbocycles. The van der Waals surface area contributed by atoms with Crippen molar-refractivity contribution in [3.8, 4) is 5.75 Å². The molecule has 110 valence electrons. The van der Waals surface area contributed by atoms with Gasteiger partial charge in [-0.3, -0.25) is 4.79 Å². The fourth-order valence-corrected chi connectivity index (χ4v) is 1.87. The minimum absolute atomic E-state index is 0.00760. The van der Waals surface area contributed by atoms with Gasteiger partial charge in [0.2, 0.25) is 5.91 Å². The van der Waals surface area contributed by atoms with E-state index in [1.165, 1.54) is 18.2 Å². The molecule has 0 fully saturated rings. The summed E-state index contributed by atoms with van der Waals surface area (Å²) in [5.74, 6) is -0.0715. The van der Waals surface area contributed by atoms with Crippen LogP contribution in [0.1, 0.15) is 0 Å². The Balaban J connectivity index is 1.90. The Kier molecular flexibility index (Phi) is 5.00. The van der Waals surface area contributed by atoms with Crippen LogP contribution < -0.4 is 15.4 Å². The number of halogens is 2. The molecule has 21 heavy (non-hydrogen) atoms. The Bertz CT molecular complexity index is 649. The molecule has 1 amide bonds. The van der Waals surface area contributed by atoms with E-state index in [1.54, 1.807) is 31.4 Å². The second kappa shape index (κ2) is 6.95. The quantitative estimate of drug-likeness (QED) is 0.888. The molecule has 0 aromatic heterocycles. The van der Waals surface area contributed by atoms with Gasteiger partial charge in [-0.1, -0.05) is 17.7 Å². The van der Waals surface area contributed by atoms with E-state index < -0.39 is 5.82 Å². The predicted molar refractivity (Wildman–Crippen MR) is 81.5 cm³/mol. The number of ether oxygens (including phenoxy) is 1. The van der Waals surface area contributed by atoms with Crippen LogP contribution in [-0.2, 0) is 4.79 Å². The Morgan fingerprint density at radius 1 is 1.24 bits per heavy atom. The van der Waals surface area contributed by atoms with Crippen molar-refractivity contribution in [2.45, 2.75) is 0 Å². The maximum absolute atomic E-state index is 13.0. The molecule has 2 rings (SSSR count). The molecule has 0 spiro atoms. The summed E-state index contributed by atoms with van der Waals surface area (Å²) in [5.41, 5.74) is 1.21. The minimum atomic E-state index is -0.497. The lowest BCUT2D eigenvalue weighted by Gasteiger charge is -2.09. The van der Waals surface area contributed by atoms with Crippen molar-refractivity contribution < 1.29 is 13.9 Å². The van der Waals surface area contributed by atoms with Gasteiger partial charge in [0.15, 0.2) is 0 Å². The number of nitrogens with one attached hydrogen (secondary N) is 2. The molecule has 0 atom stereocenters. The van der Waals surface area contributed by atoms with Crippen molar-refractivity contribution in [1.82, 2.24) is 0 Å². The van der Waals surface area contributed by atoms with Crippen LogP contribution >= 0.6 is 11.6 Å². The van der Waals surface area contributed by atoms with E-state index in [4.69, 9.17) is 16.3 Å². The Hall–Kier alpha value is -2.27. The molecule has 0 radical (unpaired) electrons. The SMILES string of the molecule is COc1cccc(NC(=O)CNc2ccc(F)c(Cl)c2)c1. The number of benzene rings is 2. The van der Waals surface area contributed by atoms with Crippen molar-refractivity contribution in [2.75, 3.05) is 24.3 Å². The second-order valence-electron chi connectivity index (χ2n) is 4.26. The molecule has 0 heterocycles. The monoisotopic (exact) mass is 308 g/mol. The lowest BCUT2D eigenvalue weighted by atomic mass is 10.3. The maximum Gasteiger partial charge on any atom is 0.243 e. The van der Waals surface area contributed by atoms with Gasteiger partial charge in [0, 0.05) is 17.4 Å². The molecule has 0 bridgehead atoms. The highest BCUT2D eigenvalue weighted by molar-refractivity contribution is 6.31. The van der Waals surface area contributed by atoms with E-state index >= 15 is 0 Å². The number of carbonyl (C=O) groups is 1. The van der Waals surface area contributed by atoms with E-state index in [2.05, 4.69) is 10.6 Å². The fraction of sp³-hybridized carbons (Fsp3) is 0.133. The van der Waals surface area contributed by atoms with Gasteiger partial charge in [0.25, 0.3) is 0 Å². The molecule has 0 saturated carbocycles. The molecule has 0 saturated heterocycles. The largest absolute Gasteiger partial charge is 0.497 e. The van der Waals surface area contributed by atoms with Gasteiger partial charge in [0.05, 0.1) is 18.7 Å². The molecule has 0 unspecified atom stereocenters. The van der Waals surface area contributed by atoms with Crippen LogP contribution in [0.5, 0.6) is 5.75 Å². The topological polar surface area (TPSA) is 50.4 Å². The Morgan fingerprint density at radius 3 is 2.76 bits per heavy atom. The summed E-state index contributed by atoms with van der Waals surface area (Å²) < 4.78 is 18.1. The van der Waals surface area contributed by atoms with Crippen LogP contribution in [0.3, 0.4) is 0 Å².